The van der Waals surface area contributed by atoms with E-state index in [0.29, 0.717) is 10.9 Å². The second-order valence-electron chi connectivity index (χ2n) is 1.20. The number of nitrogens with zero attached hydrogens (tertiary/aromatic N) is 1. The van der Waals surface area contributed by atoms with Crippen molar-refractivity contribution in [2.45, 2.75) is 6.92 Å². The van der Waals surface area contributed by atoms with Crippen LogP contribution in [0.15, 0.2) is 28.1 Å². The molecule has 0 saturated carbocycles. The van der Waals surface area contributed by atoms with Gasteiger partial charge in [-0.1, -0.05) is 0 Å². The Bertz CT molecular complexity index is 149. The lowest BCUT2D eigenvalue weighted by molar-refractivity contribution is 0.721. The molecule has 0 atom stereocenters. The fraction of sp³-hybridized carbons (Fsp3) is 0.167. The van der Waals surface area contributed by atoms with Crippen LogP contribution >= 0.6 is 15.9 Å². The van der Waals surface area contributed by atoms with E-state index in [1.165, 1.54) is 12.2 Å². The van der Waals surface area contributed by atoms with Crippen LogP contribution in [-0.4, -0.2) is 6.21 Å². The van der Waals surface area contributed by atoms with E-state index in [2.05, 4.69) is 20.9 Å². The van der Waals surface area contributed by atoms with Gasteiger partial charge in [0, 0.05) is 6.21 Å². The maximum atomic E-state index is 11.3. The van der Waals surface area contributed by atoms with Crippen LogP contribution in [0.5, 0.6) is 0 Å². The van der Waals surface area contributed by atoms with Gasteiger partial charge in [-0.05, 0) is 35.0 Å². The van der Waals surface area contributed by atoms with Crippen LogP contribution in [0.4, 0.5) is 4.39 Å². The highest BCUT2D eigenvalue weighted by Gasteiger charge is 1.77. The van der Waals surface area contributed by atoms with Gasteiger partial charge in [0.2, 0.25) is 0 Å². The summed E-state index contributed by atoms with van der Waals surface area (Å²) in [5, 5.41) is 0. The summed E-state index contributed by atoms with van der Waals surface area (Å²) in [7, 11) is 0. The Morgan fingerprint density at radius 3 is 2.78 bits per heavy atom. The summed E-state index contributed by atoms with van der Waals surface area (Å²) in [6.45, 7) is 1.79. The normalized spacial score (nSPS) is 13.9. The molecule has 0 aliphatic carbocycles. The SMILES string of the molecule is C/C=N/C(Br)=C\C=C\F. The Balaban J connectivity index is 3.84. The molecule has 0 amide bonds. The predicted molar refractivity (Wildman–Crippen MR) is 41.4 cm³/mol. The lowest BCUT2D eigenvalue weighted by Gasteiger charge is -1.80. The highest BCUT2D eigenvalue weighted by molar-refractivity contribution is 9.11. The van der Waals surface area contributed by atoms with E-state index in [9.17, 15) is 4.39 Å². The molecule has 0 aliphatic heterocycles. The molecule has 0 radical (unpaired) electrons. The Morgan fingerprint density at radius 2 is 2.33 bits per heavy atom. The van der Waals surface area contributed by atoms with Crippen molar-refractivity contribution in [3.8, 4) is 0 Å². The van der Waals surface area contributed by atoms with Crippen molar-refractivity contribution in [1.29, 1.82) is 0 Å². The molecule has 0 rings (SSSR count). The molecule has 0 N–H and O–H groups in total. The molecule has 0 fully saturated rings. The maximum absolute atomic E-state index is 11.3. The van der Waals surface area contributed by atoms with Crippen LogP contribution in [0.1, 0.15) is 6.92 Å². The van der Waals surface area contributed by atoms with Crippen molar-refractivity contribution in [3.63, 3.8) is 0 Å². The standard InChI is InChI=1S/C6H7BrFN/c1-2-9-6(7)4-3-5-8/h2-5H,1H3/b5-3+,6-4-,9-2+. The molecule has 50 valence electrons. The Kier molecular flexibility index (Phi) is 5.41. The van der Waals surface area contributed by atoms with Gasteiger partial charge in [0.1, 0.15) is 4.61 Å². The van der Waals surface area contributed by atoms with Crippen LogP contribution in [0.3, 0.4) is 0 Å². The van der Waals surface area contributed by atoms with Gasteiger partial charge in [0.05, 0.1) is 6.33 Å². The summed E-state index contributed by atoms with van der Waals surface area (Å²) < 4.78 is 11.9. The zero-order valence-electron chi connectivity index (χ0n) is 5.01. The monoisotopic (exact) mass is 191 g/mol. The molecule has 0 heterocycles. The molecule has 0 aliphatic rings. The van der Waals surface area contributed by atoms with Crippen LogP contribution in [-0.2, 0) is 0 Å². The molecule has 0 saturated heterocycles. The minimum Gasteiger partial charge on any atom is -0.254 e. The molecule has 0 bridgehead atoms. The van der Waals surface area contributed by atoms with Gasteiger partial charge < -0.3 is 0 Å². The molecular weight excluding hydrogens is 185 g/mol. The number of aliphatic imine (C=N–C) groups is 1. The summed E-state index contributed by atoms with van der Waals surface area (Å²) in [6.07, 6.45) is 4.84. The van der Waals surface area contributed by atoms with Crippen molar-refractivity contribution in [2.24, 2.45) is 4.99 Å². The quantitative estimate of drug-likeness (QED) is 0.362. The Morgan fingerprint density at radius 1 is 1.67 bits per heavy atom. The van der Waals surface area contributed by atoms with Crippen molar-refractivity contribution in [1.82, 2.24) is 0 Å². The summed E-state index contributed by atoms with van der Waals surface area (Å²) in [4.78, 5) is 3.80. The Labute approximate surface area is 62.1 Å². The van der Waals surface area contributed by atoms with Gasteiger partial charge in [-0.15, -0.1) is 0 Å². The van der Waals surface area contributed by atoms with E-state index in [4.69, 9.17) is 0 Å². The van der Waals surface area contributed by atoms with Crippen molar-refractivity contribution in [2.75, 3.05) is 0 Å². The molecule has 9 heavy (non-hydrogen) atoms. The molecule has 0 unspecified atom stereocenters. The average molecular weight is 192 g/mol. The van der Waals surface area contributed by atoms with Crippen LogP contribution < -0.4 is 0 Å². The van der Waals surface area contributed by atoms with Crippen molar-refractivity contribution in [3.05, 3.63) is 23.1 Å². The first-order valence-electron chi connectivity index (χ1n) is 2.42. The van der Waals surface area contributed by atoms with Crippen molar-refractivity contribution >= 4 is 22.1 Å². The summed E-state index contributed by atoms with van der Waals surface area (Å²) in [5.41, 5.74) is 0. The number of rotatable bonds is 2. The minimum absolute atomic E-state index is 0.451. The van der Waals surface area contributed by atoms with E-state index in [1.54, 1.807) is 13.1 Å². The topological polar surface area (TPSA) is 12.4 Å². The van der Waals surface area contributed by atoms with Crippen LogP contribution in [0, 0.1) is 0 Å². The van der Waals surface area contributed by atoms with Gasteiger partial charge in [-0.2, -0.15) is 0 Å². The maximum Gasteiger partial charge on any atom is 0.105 e. The third-order valence-corrected chi connectivity index (χ3v) is 1.03. The molecular formula is C6H7BrFN. The first-order valence-corrected chi connectivity index (χ1v) is 3.21. The lowest BCUT2D eigenvalue weighted by atomic mass is 10.6. The summed E-state index contributed by atoms with van der Waals surface area (Å²) in [5.74, 6) is 0. The molecule has 0 aromatic heterocycles. The zero-order valence-corrected chi connectivity index (χ0v) is 6.60. The van der Waals surface area contributed by atoms with Gasteiger partial charge in [0.25, 0.3) is 0 Å². The summed E-state index contributed by atoms with van der Waals surface area (Å²) in [6, 6.07) is 0. The first kappa shape index (κ1) is 8.56. The molecule has 1 nitrogen and oxygen atoms in total. The average Bonchev–Trinajstić information content (AvgIpc) is 1.85. The molecule has 0 spiro atoms. The molecule has 0 aromatic rings. The third-order valence-electron chi connectivity index (χ3n) is 0.559. The van der Waals surface area contributed by atoms with E-state index in [0.717, 1.165) is 0 Å². The number of halogens is 2. The number of hydrogen-bond donors (Lipinski definition) is 0. The fourth-order valence-electron chi connectivity index (χ4n) is 0.282. The molecule has 0 aromatic carbocycles. The van der Waals surface area contributed by atoms with Crippen LogP contribution in [0.25, 0.3) is 0 Å². The second-order valence-corrected chi connectivity index (χ2v) is 2.01. The van der Waals surface area contributed by atoms with Gasteiger partial charge in [-0.25, -0.2) is 4.39 Å². The van der Waals surface area contributed by atoms with Crippen molar-refractivity contribution < 1.29 is 4.39 Å². The smallest absolute Gasteiger partial charge is 0.105 e. The number of allylic oxidation sites excluding steroid dienone is 2. The van der Waals surface area contributed by atoms with Crippen LogP contribution in [0.2, 0.25) is 0 Å². The first-order chi connectivity index (χ1) is 4.31. The minimum atomic E-state index is 0.451. The van der Waals surface area contributed by atoms with E-state index in [-0.39, 0.29) is 0 Å². The highest BCUT2D eigenvalue weighted by atomic mass is 79.9. The van der Waals surface area contributed by atoms with E-state index < -0.39 is 0 Å². The number of hydrogen-bond acceptors (Lipinski definition) is 1. The van der Waals surface area contributed by atoms with E-state index >= 15 is 0 Å². The largest absolute Gasteiger partial charge is 0.254 e. The zero-order chi connectivity index (χ0) is 7.11. The van der Waals surface area contributed by atoms with Gasteiger partial charge in [-0.3, -0.25) is 4.99 Å². The third kappa shape index (κ3) is 5.43. The highest BCUT2D eigenvalue weighted by Crippen LogP contribution is 2.04. The second kappa shape index (κ2) is 5.69. The Hall–Kier alpha value is -0.440. The van der Waals surface area contributed by atoms with E-state index in [1.807, 2.05) is 0 Å². The predicted octanol–water partition coefficient (Wildman–Crippen LogP) is 2.80. The van der Waals surface area contributed by atoms with Gasteiger partial charge in [0.15, 0.2) is 0 Å². The fourth-order valence-corrected chi connectivity index (χ4v) is 0.640. The van der Waals surface area contributed by atoms with Gasteiger partial charge >= 0.3 is 0 Å². The summed E-state index contributed by atoms with van der Waals surface area (Å²) >= 11 is 3.08. The molecule has 3 heteroatoms. The lowest BCUT2D eigenvalue weighted by Crippen LogP contribution is -1.61.